The fourth-order valence-electron chi connectivity index (χ4n) is 3.03. The molecule has 0 saturated heterocycles. The zero-order chi connectivity index (χ0) is 14.0. The van der Waals surface area contributed by atoms with Gasteiger partial charge in [-0.3, -0.25) is 0 Å². The SMILES string of the molecule is Cc1cc(N(C)C)c(C2(N=C=O)CCCC2)cc1C. The Labute approximate surface area is 115 Å². The lowest BCUT2D eigenvalue weighted by molar-refractivity contribution is 0.456. The molecule has 0 aliphatic heterocycles. The highest BCUT2D eigenvalue weighted by Crippen LogP contribution is 2.46. The van der Waals surface area contributed by atoms with Crippen molar-refractivity contribution in [1.82, 2.24) is 0 Å². The molecule has 1 fully saturated rings. The van der Waals surface area contributed by atoms with Crippen molar-refractivity contribution in [2.24, 2.45) is 4.99 Å². The molecule has 0 unspecified atom stereocenters. The molecule has 0 N–H and O–H groups in total. The molecule has 1 aliphatic carbocycles. The van der Waals surface area contributed by atoms with Gasteiger partial charge in [0.1, 0.15) is 5.54 Å². The number of benzene rings is 1. The van der Waals surface area contributed by atoms with Crippen LogP contribution >= 0.6 is 0 Å². The van der Waals surface area contributed by atoms with E-state index in [2.05, 4.69) is 35.9 Å². The fourth-order valence-corrected chi connectivity index (χ4v) is 3.03. The lowest BCUT2D eigenvalue weighted by Gasteiger charge is -2.29. The van der Waals surface area contributed by atoms with Gasteiger partial charge in [-0.2, -0.15) is 4.99 Å². The third kappa shape index (κ3) is 2.43. The van der Waals surface area contributed by atoms with Crippen LogP contribution in [-0.4, -0.2) is 20.2 Å². The molecule has 1 aromatic rings. The van der Waals surface area contributed by atoms with Crippen LogP contribution in [0.4, 0.5) is 5.69 Å². The molecule has 0 amide bonds. The molecule has 1 aliphatic rings. The summed E-state index contributed by atoms with van der Waals surface area (Å²) in [6, 6.07) is 4.40. The summed E-state index contributed by atoms with van der Waals surface area (Å²) in [6.07, 6.45) is 5.97. The van der Waals surface area contributed by atoms with E-state index in [0.29, 0.717) is 0 Å². The third-order valence-electron chi connectivity index (χ3n) is 4.29. The summed E-state index contributed by atoms with van der Waals surface area (Å²) in [7, 11) is 4.09. The van der Waals surface area contributed by atoms with Gasteiger partial charge in [0.05, 0.1) is 0 Å². The lowest BCUT2D eigenvalue weighted by atomic mass is 9.85. The number of rotatable bonds is 3. The van der Waals surface area contributed by atoms with E-state index in [0.717, 1.165) is 25.7 Å². The normalized spacial score (nSPS) is 17.1. The molecule has 3 heteroatoms. The molecule has 1 saturated carbocycles. The van der Waals surface area contributed by atoms with Crippen molar-refractivity contribution in [3.8, 4) is 0 Å². The number of aryl methyl sites for hydroxylation is 2. The van der Waals surface area contributed by atoms with Gasteiger partial charge >= 0.3 is 0 Å². The van der Waals surface area contributed by atoms with E-state index in [9.17, 15) is 4.79 Å². The fraction of sp³-hybridized carbons (Fsp3) is 0.562. The molecular formula is C16H22N2O. The highest BCUT2D eigenvalue weighted by molar-refractivity contribution is 5.60. The van der Waals surface area contributed by atoms with Crippen LogP contribution in [0.25, 0.3) is 0 Å². The number of nitrogens with zero attached hydrogens (tertiary/aromatic N) is 2. The Morgan fingerprint density at radius 3 is 2.26 bits per heavy atom. The van der Waals surface area contributed by atoms with Gasteiger partial charge in [0.15, 0.2) is 0 Å². The average molecular weight is 258 g/mol. The van der Waals surface area contributed by atoms with Crippen LogP contribution in [0.5, 0.6) is 0 Å². The summed E-state index contributed by atoms with van der Waals surface area (Å²) < 4.78 is 0. The molecule has 0 aromatic heterocycles. The van der Waals surface area contributed by atoms with Crippen LogP contribution in [0.3, 0.4) is 0 Å². The van der Waals surface area contributed by atoms with Crippen LogP contribution < -0.4 is 4.90 Å². The minimum absolute atomic E-state index is 0.347. The van der Waals surface area contributed by atoms with Gasteiger partial charge in [-0.15, -0.1) is 0 Å². The summed E-state index contributed by atoms with van der Waals surface area (Å²) >= 11 is 0. The predicted octanol–water partition coefficient (Wildman–Crippen LogP) is 3.47. The molecule has 0 atom stereocenters. The van der Waals surface area contributed by atoms with E-state index >= 15 is 0 Å². The number of hydrogen-bond donors (Lipinski definition) is 0. The zero-order valence-corrected chi connectivity index (χ0v) is 12.3. The van der Waals surface area contributed by atoms with Crippen molar-refractivity contribution < 1.29 is 4.79 Å². The Hall–Kier alpha value is -1.60. The number of aliphatic imine (C=N–C) groups is 1. The maximum absolute atomic E-state index is 10.9. The molecular weight excluding hydrogens is 236 g/mol. The molecule has 0 radical (unpaired) electrons. The largest absolute Gasteiger partial charge is 0.377 e. The molecule has 0 bridgehead atoms. The first-order chi connectivity index (χ1) is 9.00. The number of isocyanates is 1. The maximum Gasteiger partial charge on any atom is 0.235 e. The minimum Gasteiger partial charge on any atom is -0.377 e. The van der Waals surface area contributed by atoms with Crippen molar-refractivity contribution in [2.45, 2.75) is 45.1 Å². The van der Waals surface area contributed by atoms with Gasteiger partial charge in [0.2, 0.25) is 6.08 Å². The second-order valence-electron chi connectivity index (χ2n) is 5.79. The smallest absolute Gasteiger partial charge is 0.235 e. The highest BCUT2D eigenvalue weighted by atomic mass is 16.1. The first-order valence-electron chi connectivity index (χ1n) is 6.88. The van der Waals surface area contributed by atoms with E-state index in [-0.39, 0.29) is 5.54 Å². The van der Waals surface area contributed by atoms with Crippen molar-refractivity contribution in [3.05, 3.63) is 28.8 Å². The van der Waals surface area contributed by atoms with Gasteiger partial charge in [0.25, 0.3) is 0 Å². The van der Waals surface area contributed by atoms with E-state index < -0.39 is 0 Å². The summed E-state index contributed by atoms with van der Waals surface area (Å²) in [6.45, 7) is 4.24. The first kappa shape index (κ1) is 13.8. The zero-order valence-electron chi connectivity index (χ0n) is 12.3. The van der Waals surface area contributed by atoms with Crippen LogP contribution in [0, 0.1) is 13.8 Å². The van der Waals surface area contributed by atoms with Gasteiger partial charge in [-0.05, 0) is 43.9 Å². The molecule has 0 spiro atoms. The molecule has 102 valence electrons. The molecule has 0 heterocycles. The Morgan fingerprint density at radius 2 is 1.74 bits per heavy atom. The second-order valence-corrected chi connectivity index (χ2v) is 5.79. The van der Waals surface area contributed by atoms with Gasteiger partial charge in [0, 0.05) is 25.3 Å². The van der Waals surface area contributed by atoms with Crippen molar-refractivity contribution in [2.75, 3.05) is 19.0 Å². The summed E-state index contributed by atoms with van der Waals surface area (Å²) in [5.74, 6) is 0. The summed E-state index contributed by atoms with van der Waals surface area (Å²) in [4.78, 5) is 17.2. The van der Waals surface area contributed by atoms with Crippen molar-refractivity contribution >= 4 is 11.8 Å². The third-order valence-corrected chi connectivity index (χ3v) is 4.29. The van der Waals surface area contributed by atoms with E-state index in [1.165, 1.54) is 22.4 Å². The Bertz CT molecular complexity index is 522. The Kier molecular flexibility index (Phi) is 3.77. The van der Waals surface area contributed by atoms with Crippen LogP contribution in [-0.2, 0) is 10.3 Å². The topological polar surface area (TPSA) is 32.7 Å². The highest BCUT2D eigenvalue weighted by Gasteiger charge is 2.38. The van der Waals surface area contributed by atoms with Gasteiger partial charge in [-0.1, -0.05) is 18.9 Å². The van der Waals surface area contributed by atoms with Crippen molar-refractivity contribution in [3.63, 3.8) is 0 Å². The monoisotopic (exact) mass is 258 g/mol. The first-order valence-corrected chi connectivity index (χ1v) is 6.88. The van der Waals surface area contributed by atoms with E-state index in [1.54, 1.807) is 6.08 Å². The predicted molar refractivity (Wildman–Crippen MR) is 78.5 cm³/mol. The standard InChI is InChI=1S/C16H22N2O/c1-12-9-14(15(18(3)4)10-13(12)2)16(17-11-19)7-5-6-8-16/h9-10H,5-8H2,1-4H3. The molecule has 19 heavy (non-hydrogen) atoms. The number of anilines is 1. The van der Waals surface area contributed by atoms with Crippen LogP contribution in [0.2, 0.25) is 0 Å². The Balaban J connectivity index is 2.65. The molecule has 1 aromatic carbocycles. The summed E-state index contributed by atoms with van der Waals surface area (Å²) in [5.41, 5.74) is 4.54. The number of carbonyl (C=O) groups excluding carboxylic acids is 1. The molecule has 2 rings (SSSR count). The van der Waals surface area contributed by atoms with E-state index in [4.69, 9.17) is 0 Å². The lowest BCUT2D eigenvalue weighted by Crippen LogP contribution is -2.24. The molecule has 3 nitrogen and oxygen atoms in total. The van der Waals surface area contributed by atoms with Gasteiger partial charge < -0.3 is 4.90 Å². The summed E-state index contributed by atoms with van der Waals surface area (Å²) in [5, 5.41) is 0. The maximum atomic E-state index is 10.9. The van der Waals surface area contributed by atoms with Crippen LogP contribution in [0.15, 0.2) is 17.1 Å². The van der Waals surface area contributed by atoms with Crippen LogP contribution in [0.1, 0.15) is 42.4 Å². The van der Waals surface area contributed by atoms with Crippen molar-refractivity contribution in [1.29, 1.82) is 0 Å². The minimum atomic E-state index is -0.347. The van der Waals surface area contributed by atoms with E-state index in [1.807, 2.05) is 14.1 Å². The number of hydrogen-bond acceptors (Lipinski definition) is 3. The Morgan fingerprint density at radius 1 is 1.16 bits per heavy atom. The van der Waals surface area contributed by atoms with Gasteiger partial charge in [-0.25, -0.2) is 4.79 Å². The quantitative estimate of drug-likeness (QED) is 0.614. The second kappa shape index (κ2) is 5.18. The average Bonchev–Trinajstić information content (AvgIpc) is 2.82.